The van der Waals surface area contributed by atoms with E-state index in [0.717, 1.165) is 19.6 Å². The predicted molar refractivity (Wildman–Crippen MR) is 158 cm³/mol. The first-order valence-electron chi connectivity index (χ1n) is 14.5. The lowest BCUT2D eigenvalue weighted by molar-refractivity contribution is -0.122. The molecular formula is C31H36N8O4. The highest BCUT2D eigenvalue weighted by Gasteiger charge is 2.36. The summed E-state index contributed by atoms with van der Waals surface area (Å²) in [4.78, 5) is 30.3. The van der Waals surface area contributed by atoms with Gasteiger partial charge in [0.05, 0.1) is 31.5 Å². The van der Waals surface area contributed by atoms with Gasteiger partial charge in [0.2, 0.25) is 5.91 Å². The normalized spacial score (nSPS) is 19.8. The van der Waals surface area contributed by atoms with E-state index >= 15 is 0 Å². The Morgan fingerprint density at radius 1 is 1.07 bits per heavy atom. The lowest BCUT2D eigenvalue weighted by Crippen LogP contribution is -2.37. The predicted octanol–water partition coefficient (Wildman–Crippen LogP) is 2.38. The minimum atomic E-state index is -0.223. The number of rotatable bonds is 5. The number of hydrogen-bond acceptors (Lipinski definition) is 8. The van der Waals surface area contributed by atoms with E-state index in [1.165, 1.54) is 11.1 Å². The molecule has 224 valence electrons. The van der Waals surface area contributed by atoms with Crippen LogP contribution in [0, 0.1) is 5.92 Å². The first-order valence-corrected chi connectivity index (χ1v) is 14.5. The quantitative estimate of drug-likeness (QED) is 0.380. The number of carbonyl (C=O) groups is 2. The summed E-state index contributed by atoms with van der Waals surface area (Å²) >= 11 is 0. The lowest BCUT2D eigenvalue weighted by atomic mass is 9.99. The summed E-state index contributed by atoms with van der Waals surface area (Å²) in [5, 5.41) is 16.1. The molecule has 1 N–H and O–H groups in total. The molecule has 6 rings (SSSR count). The van der Waals surface area contributed by atoms with Crippen molar-refractivity contribution in [1.82, 2.24) is 39.9 Å². The highest BCUT2D eigenvalue weighted by molar-refractivity contribution is 5.97. The average Bonchev–Trinajstić information content (AvgIpc) is 3.77. The number of para-hydroxylation sites is 1. The van der Waals surface area contributed by atoms with Gasteiger partial charge < -0.3 is 19.7 Å². The van der Waals surface area contributed by atoms with E-state index < -0.39 is 0 Å². The van der Waals surface area contributed by atoms with Gasteiger partial charge in [-0.05, 0) is 29.3 Å². The number of hydrogen-bond donors (Lipinski definition) is 1. The number of nitrogens with one attached hydrogen (secondary N) is 1. The maximum absolute atomic E-state index is 13.3. The van der Waals surface area contributed by atoms with Crippen LogP contribution in [0.3, 0.4) is 0 Å². The van der Waals surface area contributed by atoms with Gasteiger partial charge in [0, 0.05) is 64.5 Å². The zero-order chi connectivity index (χ0) is 29.8. The summed E-state index contributed by atoms with van der Waals surface area (Å²) in [5.74, 6) is 0.583. The van der Waals surface area contributed by atoms with Crippen molar-refractivity contribution in [2.45, 2.75) is 32.2 Å². The molecule has 0 aliphatic carbocycles. The molecule has 1 fully saturated rings. The molecule has 2 bridgehead atoms. The van der Waals surface area contributed by atoms with E-state index in [1.807, 2.05) is 27.8 Å². The fourth-order valence-electron chi connectivity index (χ4n) is 5.90. The molecule has 2 aliphatic heterocycles. The molecule has 12 nitrogen and oxygen atoms in total. The minimum Gasteiger partial charge on any atom is -0.493 e. The van der Waals surface area contributed by atoms with Crippen molar-refractivity contribution in [1.29, 1.82) is 0 Å². The summed E-state index contributed by atoms with van der Waals surface area (Å²) in [7, 11) is 3.25. The van der Waals surface area contributed by atoms with Crippen molar-refractivity contribution in [3.05, 3.63) is 89.5 Å². The number of fused-ring (bicyclic) bond motifs is 5. The first-order chi connectivity index (χ1) is 21.0. The fraction of sp³-hybridized carbons (Fsp3) is 0.387. The van der Waals surface area contributed by atoms with Gasteiger partial charge >= 0.3 is 0 Å². The molecule has 2 aliphatic rings. The molecule has 2 atom stereocenters. The van der Waals surface area contributed by atoms with Gasteiger partial charge in [0.15, 0.2) is 11.5 Å². The molecule has 4 heterocycles. The highest BCUT2D eigenvalue weighted by atomic mass is 16.5. The van der Waals surface area contributed by atoms with E-state index in [2.05, 4.69) is 49.9 Å². The topological polar surface area (TPSA) is 120 Å². The van der Waals surface area contributed by atoms with Crippen molar-refractivity contribution in [3.8, 4) is 11.5 Å². The second-order valence-corrected chi connectivity index (χ2v) is 11.1. The SMILES string of the molecule is COc1cccc2c1OCc1cn(nn1)[C@@H]1CN(Cc3cccc(Cn4cccn4)c3)C[C@@H]1CC(=O)NCCN(C)C2=O. The Balaban J connectivity index is 1.22. The third-order valence-corrected chi connectivity index (χ3v) is 8.04. The van der Waals surface area contributed by atoms with Crippen LogP contribution in [0.1, 0.15) is 39.6 Å². The van der Waals surface area contributed by atoms with Crippen LogP contribution in [-0.2, 0) is 24.5 Å². The van der Waals surface area contributed by atoms with Crippen LogP contribution in [-0.4, -0.2) is 86.7 Å². The zero-order valence-corrected chi connectivity index (χ0v) is 24.4. The first kappa shape index (κ1) is 28.4. The number of nitrogens with zero attached hydrogens (tertiary/aromatic N) is 7. The van der Waals surface area contributed by atoms with Crippen LogP contribution < -0.4 is 14.8 Å². The van der Waals surface area contributed by atoms with Crippen LogP contribution in [0.15, 0.2) is 67.1 Å². The van der Waals surface area contributed by atoms with Gasteiger partial charge in [-0.25, -0.2) is 4.68 Å². The molecule has 0 saturated carbocycles. The van der Waals surface area contributed by atoms with Crippen molar-refractivity contribution in [2.24, 2.45) is 5.92 Å². The molecule has 4 aromatic rings. The van der Waals surface area contributed by atoms with E-state index in [9.17, 15) is 9.59 Å². The van der Waals surface area contributed by atoms with Crippen LogP contribution in [0.5, 0.6) is 11.5 Å². The minimum absolute atomic E-state index is 0.0294. The van der Waals surface area contributed by atoms with Crippen molar-refractivity contribution >= 4 is 11.8 Å². The Labute approximate surface area is 250 Å². The third-order valence-electron chi connectivity index (χ3n) is 8.04. The summed E-state index contributed by atoms with van der Waals surface area (Å²) in [6, 6.07) is 15.7. The number of methoxy groups -OCH3 is 1. The highest BCUT2D eigenvalue weighted by Crippen LogP contribution is 2.34. The Kier molecular flexibility index (Phi) is 8.36. The molecule has 2 aromatic heterocycles. The Bertz CT molecular complexity index is 1570. The molecule has 0 radical (unpaired) electrons. The van der Waals surface area contributed by atoms with Gasteiger partial charge in [-0.3, -0.25) is 19.2 Å². The van der Waals surface area contributed by atoms with Gasteiger partial charge in [0.25, 0.3) is 5.91 Å². The van der Waals surface area contributed by atoms with Crippen LogP contribution in [0.2, 0.25) is 0 Å². The molecule has 43 heavy (non-hydrogen) atoms. The van der Waals surface area contributed by atoms with Gasteiger partial charge in [-0.2, -0.15) is 5.10 Å². The number of amides is 2. The van der Waals surface area contributed by atoms with Gasteiger partial charge in [-0.15, -0.1) is 5.10 Å². The van der Waals surface area contributed by atoms with Crippen LogP contribution in [0.4, 0.5) is 0 Å². The molecule has 2 aromatic carbocycles. The van der Waals surface area contributed by atoms with Crippen LogP contribution >= 0.6 is 0 Å². The number of carbonyl (C=O) groups excluding carboxylic acids is 2. The van der Waals surface area contributed by atoms with Gasteiger partial charge in [0.1, 0.15) is 12.3 Å². The molecule has 0 unspecified atom stereocenters. The second kappa shape index (κ2) is 12.7. The fourth-order valence-corrected chi connectivity index (χ4v) is 5.90. The zero-order valence-electron chi connectivity index (χ0n) is 24.4. The standard InChI is InChI=1S/C31H36N8O4/c1-36-13-11-32-29(40)15-24-18-37(16-22-6-3-7-23(14-22)17-38-12-5-10-33-38)20-27(24)39-19-25(34-35-39)21-43-30-26(31(36)41)8-4-9-28(30)42-2/h3-10,12,14,19,24,27H,11,13,15-18,20-21H2,1-2H3,(H,32,40)/t24-,27+/m0/s1. The van der Waals surface area contributed by atoms with Crippen molar-refractivity contribution in [3.63, 3.8) is 0 Å². The number of aromatic nitrogens is 5. The smallest absolute Gasteiger partial charge is 0.257 e. The number of likely N-dealkylation sites (tertiary alicyclic amines) is 1. The van der Waals surface area contributed by atoms with E-state index in [-0.39, 0.29) is 30.4 Å². The Morgan fingerprint density at radius 3 is 2.72 bits per heavy atom. The summed E-state index contributed by atoms with van der Waals surface area (Å²) in [6.07, 6.45) is 5.97. The van der Waals surface area contributed by atoms with E-state index in [4.69, 9.17) is 9.47 Å². The van der Waals surface area contributed by atoms with Crippen LogP contribution in [0.25, 0.3) is 0 Å². The summed E-state index contributed by atoms with van der Waals surface area (Å²) in [5.41, 5.74) is 3.40. The summed E-state index contributed by atoms with van der Waals surface area (Å²) in [6.45, 7) is 3.78. The lowest BCUT2D eigenvalue weighted by Gasteiger charge is -2.21. The van der Waals surface area contributed by atoms with E-state index in [0.29, 0.717) is 48.8 Å². The van der Waals surface area contributed by atoms with Crippen molar-refractivity contribution < 1.29 is 19.1 Å². The number of ether oxygens (including phenoxy) is 2. The molecule has 2 amide bonds. The average molecular weight is 585 g/mol. The molecule has 1 saturated heterocycles. The Hall–Kier alpha value is -4.71. The summed E-state index contributed by atoms with van der Waals surface area (Å²) < 4.78 is 15.4. The number of likely N-dealkylation sites (N-methyl/N-ethyl adjacent to an activating group) is 1. The Morgan fingerprint density at radius 2 is 1.91 bits per heavy atom. The second-order valence-electron chi connectivity index (χ2n) is 11.1. The molecule has 0 spiro atoms. The maximum Gasteiger partial charge on any atom is 0.257 e. The van der Waals surface area contributed by atoms with E-state index in [1.54, 1.807) is 43.5 Å². The largest absolute Gasteiger partial charge is 0.493 e. The molecule has 12 heteroatoms. The third kappa shape index (κ3) is 6.54. The maximum atomic E-state index is 13.3. The van der Waals surface area contributed by atoms with Crippen molar-refractivity contribution in [2.75, 3.05) is 40.3 Å². The monoisotopic (exact) mass is 584 g/mol. The number of benzene rings is 2. The molecular weight excluding hydrogens is 548 g/mol. The van der Waals surface area contributed by atoms with Gasteiger partial charge in [-0.1, -0.05) is 35.5 Å².